The summed E-state index contributed by atoms with van der Waals surface area (Å²) in [5, 5.41) is 0. The maximum absolute atomic E-state index is 11.0. The normalized spacial score (nSPS) is 10.8. The van der Waals surface area contributed by atoms with E-state index in [1.165, 1.54) is 5.56 Å². The molecular formula is C18H26O4. The van der Waals surface area contributed by atoms with Crippen LogP contribution < -0.4 is 4.74 Å². The van der Waals surface area contributed by atoms with Gasteiger partial charge in [0.1, 0.15) is 12.4 Å². The first-order valence-corrected chi connectivity index (χ1v) is 7.80. The first-order chi connectivity index (χ1) is 10.8. The molecule has 1 aromatic carbocycles. The summed E-state index contributed by atoms with van der Waals surface area (Å²) in [5.41, 5.74) is 1.18. The largest absolute Gasteiger partial charge is 0.497 e. The third-order valence-corrected chi connectivity index (χ3v) is 3.11. The van der Waals surface area contributed by atoms with Gasteiger partial charge in [0.05, 0.1) is 13.7 Å². The highest BCUT2D eigenvalue weighted by molar-refractivity contribution is 5.70. The zero-order valence-corrected chi connectivity index (χ0v) is 13.5. The number of allylic oxidation sites excluding steroid dienone is 1. The molecule has 0 heterocycles. The average Bonchev–Trinajstić information content (AvgIpc) is 2.54. The highest BCUT2D eigenvalue weighted by atomic mass is 16.6. The fourth-order valence-electron chi connectivity index (χ4n) is 1.94. The molecule has 122 valence electrons. The lowest BCUT2D eigenvalue weighted by Gasteiger charge is -2.03. The number of carbonyl (C=O) groups is 1. The van der Waals surface area contributed by atoms with Crippen LogP contribution in [0.3, 0.4) is 0 Å². The van der Waals surface area contributed by atoms with Crippen LogP contribution in [0.25, 0.3) is 6.08 Å². The molecule has 0 fully saturated rings. The summed E-state index contributed by atoms with van der Waals surface area (Å²) < 4.78 is 15.1. The second-order valence-electron chi connectivity index (χ2n) is 4.88. The van der Waals surface area contributed by atoms with E-state index < -0.39 is 0 Å². The summed E-state index contributed by atoms with van der Waals surface area (Å²) in [4.78, 5) is 11.0. The smallest absolute Gasteiger partial charge is 0.332 e. The van der Waals surface area contributed by atoms with Crippen LogP contribution in [0.4, 0.5) is 0 Å². The second-order valence-corrected chi connectivity index (χ2v) is 4.88. The monoisotopic (exact) mass is 306 g/mol. The minimum atomic E-state index is -0.287. The number of methoxy groups -OCH3 is 1. The molecule has 22 heavy (non-hydrogen) atoms. The third kappa shape index (κ3) is 8.47. The Kier molecular flexibility index (Phi) is 9.79. The molecule has 0 atom stereocenters. The Balaban J connectivity index is 2.00. The van der Waals surface area contributed by atoms with Gasteiger partial charge in [-0.25, -0.2) is 4.79 Å². The van der Waals surface area contributed by atoms with Gasteiger partial charge in [-0.15, -0.1) is 0 Å². The molecule has 0 aliphatic carbocycles. The standard InChI is InChI=1S/C18H26O4/c1-3-22-18(19)15-21-14-8-6-4-5-7-9-16-10-12-17(20-2)13-11-16/h7,9-13H,3-6,8,14-15H2,1-2H3/b9-7+. The molecule has 4 heteroatoms. The quantitative estimate of drug-likeness (QED) is 0.460. The Morgan fingerprint density at radius 2 is 1.91 bits per heavy atom. The summed E-state index contributed by atoms with van der Waals surface area (Å²) in [6.45, 7) is 2.87. The van der Waals surface area contributed by atoms with Crippen LogP contribution in [-0.4, -0.2) is 32.9 Å². The van der Waals surface area contributed by atoms with E-state index in [2.05, 4.69) is 12.2 Å². The van der Waals surface area contributed by atoms with Crippen molar-refractivity contribution in [1.82, 2.24) is 0 Å². The number of rotatable bonds is 11. The fourth-order valence-corrected chi connectivity index (χ4v) is 1.94. The van der Waals surface area contributed by atoms with Crippen molar-refractivity contribution in [1.29, 1.82) is 0 Å². The van der Waals surface area contributed by atoms with Gasteiger partial charge in [-0.3, -0.25) is 0 Å². The van der Waals surface area contributed by atoms with Gasteiger partial charge in [-0.1, -0.05) is 30.7 Å². The van der Waals surface area contributed by atoms with E-state index >= 15 is 0 Å². The molecular weight excluding hydrogens is 280 g/mol. The van der Waals surface area contributed by atoms with Gasteiger partial charge in [-0.2, -0.15) is 0 Å². The Bertz CT molecular complexity index is 437. The van der Waals surface area contributed by atoms with Crippen molar-refractivity contribution in [3.8, 4) is 5.75 Å². The van der Waals surface area contributed by atoms with Crippen molar-refractivity contribution in [3.05, 3.63) is 35.9 Å². The zero-order valence-electron chi connectivity index (χ0n) is 13.5. The van der Waals surface area contributed by atoms with Crippen molar-refractivity contribution in [2.75, 3.05) is 26.9 Å². The molecule has 0 saturated heterocycles. The van der Waals surface area contributed by atoms with Gasteiger partial charge >= 0.3 is 5.97 Å². The third-order valence-electron chi connectivity index (χ3n) is 3.11. The van der Waals surface area contributed by atoms with E-state index in [9.17, 15) is 4.79 Å². The molecule has 0 N–H and O–H groups in total. The van der Waals surface area contributed by atoms with Crippen LogP contribution in [0.2, 0.25) is 0 Å². The van der Waals surface area contributed by atoms with Crippen LogP contribution in [0.15, 0.2) is 30.3 Å². The van der Waals surface area contributed by atoms with E-state index in [4.69, 9.17) is 14.2 Å². The maximum Gasteiger partial charge on any atom is 0.332 e. The predicted octanol–water partition coefficient (Wildman–Crippen LogP) is 3.85. The van der Waals surface area contributed by atoms with Crippen LogP contribution >= 0.6 is 0 Å². The zero-order chi connectivity index (χ0) is 16.0. The SMILES string of the molecule is CCOC(=O)COCCCCC/C=C/c1ccc(OC)cc1. The first kappa shape index (κ1) is 18.2. The lowest BCUT2D eigenvalue weighted by Crippen LogP contribution is -2.12. The van der Waals surface area contributed by atoms with E-state index in [0.717, 1.165) is 31.4 Å². The highest BCUT2D eigenvalue weighted by Gasteiger charge is 2.00. The fraction of sp³-hybridized carbons (Fsp3) is 0.500. The Morgan fingerprint density at radius 3 is 2.59 bits per heavy atom. The Labute approximate surface area is 133 Å². The van der Waals surface area contributed by atoms with Gasteiger partial charge in [0.15, 0.2) is 0 Å². The minimum absolute atomic E-state index is 0.0607. The molecule has 0 spiro atoms. The van der Waals surface area contributed by atoms with Crippen LogP contribution in [0.5, 0.6) is 5.75 Å². The second kappa shape index (κ2) is 11.8. The molecule has 0 saturated carbocycles. The van der Waals surface area contributed by atoms with E-state index in [1.54, 1.807) is 14.0 Å². The molecule has 0 amide bonds. The Morgan fingerprint density at radius 1 is 1.14 bits per heavy atom. The van der Waals surface area contributed by atoms with Gasteiger partial charge in [0.2, 0.25) is 0 Å². The summed E-state index contributed by atoms with van der Waals surface area (Å²) in [7, 11) is 1.67. The summed E-state index contributed by atoms with van der Waals surface area (Å²) in [6, 6.07) is 8.00. The topological polar surface area (TPSA) is 44.8 Å². The highest BCUT2D eigenvalue weighted by Crippen LogP contribution is 2.13. The maximum atomic E-state index is 11.0. The number of carbonyl (C=O) groups excluding carboxylic acids is 1. The summed E-state index contributed by atoms with van der Waals surface area (Å²) >= 11 is 0. The van der Waals surface area contributed by atoms with Crippen molar-refractivity contribution in [2.24, 2.45) is 0 Å². The van der Waals surface area contributed by atoms with Gasteiger partial charge < -0.3 is 14.2 Å². The van der Waals surface area contributed by atoms with Crippen molar-refractivity contribution in [3.63, 3.8) is 0 Å². The summed E-state index contributed by atoms with van der Waals surface area (Å²) in [5.74, 6) is 0.588. The molecule has 1 aromatic rings. The first-order valence-electron chi connectivity index (χ1n) is 7.80. The lowest BCUT2D eigenvalue weighted by atomic mass is 10.1. The molecule has 0 aromatic heterocycles. The van der Waals surface area contributed by atoms with Gasteiger partial charge in [-0.05, 0) is 43.9 Å². The molecule has 0 unspecified atom stereocenters. The molecule has 0 aliphatic rings. The van der Waals surface area contributed by atoms with E-state index in [-0.39, 0.29) is 12.6 Å². The van der Waals surface area contributed by atoms with Crippen molar-refractivity contribution in [2.45, 2.75) is 32.6 Å². The number of benzene rings is 1. The van der Waals surface area contributed by atoms with Crippen LogP contribution in [-0.2, 0) is 14.3 Å². The van der Waals surface area contributed by atoms with Crippen LogP contribution in [0.1, 0.15) is 38.2 Å². The number of ether oxygens (including phenoxy) is 3. The van der Waals surface area contributed by atoms with Crippen molar-refractivity contribution < 1.29 is 19.0 Å². The lowest BCUT2D eigenvalue weighted by molar-refractivity contribution is -0.148. The van der Waals surface area contributed by atoms with Gasteiger partial charge in [0, 0.05) is 6.61 Å². The number of hydrogen-bond donors (Lipinski definition) is 0. The van der Waals surface area contributed by atoms with Crippen LogP contribution in [0, 0.1) is 0 Å². The number of esters is 1. The molecule has 0 aliphatic heterocycles. The molecule has 0 bridgehead atoms. The molecule has 4 nitrogen and oxygen atoms in total. The Hall–Kier alpha value is -1.81. The average molecular weight is 306 g/mol. The number of hydrogen-bond acceptors (Lipinski definition) is 4. The van der Waals surface area contributed by atoms with E-state index in [1.807, 2.05) is 24.3 Å². The summed E-state index contributed by atoms with van der Waals surface area (Å²) in [6.07, 6.45) is 8.53. The molecule has 0 radical (unpaired) electrons. The minimum Gasteiger partial charge on any atom is -0.497 e. The van der Waals surface area contributed by atoms with Crippen molar-refractivity contribution >= 4 is 12.0 Å². The predicted molar refractivity (Wildman–Crippen MR) is 87.9 cm³/mol. The number of unbranched alkanes of at least 4 members (excludes halogenated alkanes) is 3. The van der Waals surface area contributed by atoms with Gasteiger partial charge in [0.25, 0.3) is 0 Å². The van der Waals surface area contributed by atoms with E-state index in [0.29, 0.717) is 13.2 Å². The molecule has 1 rings (SSSR count).